The van der Waals surface area contributed by atoms with Crippen molar-refractivity contribution in [2.75, 3.05) is 0 Å². The number of hydrogen-bond acceptors (Lipinski definition) is 0. The van der Waals surface area contributed by atoms with E-state index in [4.69, 9.17) is 0 Å². The standard InChI is InChI=1S/C13H12F17Si/c1-31(2)5-3-4-6(14,15)7(16,17)8(18,19)9(20,21)10(22,23)11(24,25)12(26,27)13(28,29)30/h3-5H2,1-2H3. The van der Waals surface area contributed by atoms with E-state index in [1.54, 1.807) is 0 Å². The highest BCUT2D eigenvalue weighted by atomic mass is 28.3. The summed E-state index contributed by atoms with van der Waals surface area (Å²) >= 11 is 0. The van der Waals surface area contributed by atoms with Gasteiger partial charge in [0.05, 0.1) is 0 Å². The Bertz CT molecular complexity index is 618. The first-order chi connectivity index (χ1) is 13.2. The molecule has 0 heterocycles. The molecular formula is C13H12F17Si. The predicted molar refractivity (Wildman–Crippen MR) is 72.2 cm³/mol. The van der Waals surface area contributed by atoms with E-state index in [1.165, 1.54) is 13.1 Å². The van der Waals surface area contributed by atoms with Gasteiger partial charge in [-0.3, -0.25) is 0 Å². The van der Waals surface area contributed by atoms with E-state index >= 15 is 0 Å². The molecule has 0 saturated carbocycles. The highest BCUT2D eigenvalue weighted by Crippen LogP contribution is 2.64. The van der Waals surface area contributed by atoms with Crippen molar-refractivity contribution >= 4 is 8.80 Å². The number of rotatable bonds is 10. The third-order valence-corrected chi connectivity index (χ3v) is 5.31. The topological polar surface area (TPSA) is 0 Å². The SMILES string of the molecule is C[Si](C)CCCC(F)(F)C(F)(F)C(F)(F)C(F)(F)C(F)(F)C(F)(F)C(F)(F)C(F)(F)F. The Morgan fingerprint density at radius 1 is 0.452 bits per heavy atom. The lowest BCUT2D eigenvalue weighted by molar-refractivity contribution is -0.461. The maximum Gasteiger partial charge on any atom is 0.460 e. The summed E-state index contributed by atoms with van der Waals surface area (Å²) < 4.78 is 221. The fraction of sp³-hybridized carbons (Fsp3) is 1.00. The fourth-order valence-electron chi connectivity index (χ4n) is 2.02. The third kappa shape index (κ3) is 4.45. The second-order valence-electron chi connectivity index (χ2n) is 6.71. The van der Waals surface area contributed by atoms with Gasteiger partial charge in [0, 0.05) is 15.2 Å². The van der Waals surface area contributed by atoms with Crippen molar-refractivity contribution in [3.05, 3.63) is 0 Å². The molecule has 0 aromatic rings. The molecule has 0 nitrogen and oxygen atoms in total. The first-order valence-electron chi connectivity index (χ1n) is 7.67. The molecule has 1 radical (unpaired) electrons. The molecule has 0 bridgehead atoms. The van der Waals surface area contributed by atoms with Crippen LogP contribution < -0.4 is 0 Å². The van der Waals surface area contributed by atoms with Crippen molar-refractivity contribution in [3.63, 3.8) is 0 Å². The monoisotopic (exact) mass is 519 g/mol. The molecule has 0 aromatic carbocycles. The molecule has 0 fully saturated rings. The first-order valence-corrected chi connectivity index (χ1v) is 10.4. The number of halogens is 17. The Labute approximate surface area is 164 Å². The smallest absolute Gasteiger partial charge is 0.200 e. The van der Waals surface area contributed by atoms with Crippen LogP contribution in [-0.4, -0.2) is 56.4 Å². The van der Waals surface area contributed by atoms with Gasteiger partial charge in [-0.05, 0) is 6.42 Å². The van der Waals surface area contributed by atoms with Crippen molar-refractivity contribution in [1.82, 2.24) is 0 Å². The molecule has 0 aliphatic heterocycles. The average molecular weight is 519 g/mol. The van der Waals surface area contributed by atoms with Crippen LogP contribution in [0, 0.1) is 0 Å². The first kappa shape index (κ1) is 30.0. The lowest BCUT2D eigenvalue weighted by Gasteiger charge is -2.42. The lowest BCUT2D eigenvalue weighted by Crippen LogP contribution is -2.74. The van der Waals surface area contributed by atoms with Crippen LogP contribution in [0.3, 0.4) is 0 Å². The van der Waals surface area contributed by atoms with Gasteiger partial charge in [0.2, 0.25) is 0 Å². The minimum atomic E-state index is -8.56. The summed E-state index contributed by atoms with van der Waals surface area (Å²) in [7, 11) is -1.46. The number of alkyl halides is 17. The van der Waals surface area contributed by atoms with Gasteiger partial charge in [-0.25, -0.2) is 0 Å². The summed E-state index contributed by atoms with van der Waals surface area (Å²) in [4.78, 5) is 0. The van der Waals surface area contributed by atoms with Crippen molar-refractivity contribution in [1.29, 1.82) is 0 Å². The Morgan fingerprint density at radius 3 is 1.03 bits per heavy atom. The molecule has 0 aliphatic rings. The largest absolute Gasteiger partial charge is 0.460 e. The summed E-state index contributed by atoms with van der Waals surface area (Å²) in [6.07, 6.45) is -11.1. The summed E-state index contributed by atoms with van der Waals surface area (Å²) in [5.74, 6) is -55.6. The Morgan fingerprint density at radius 2 is 0.742 bits per heavy atom. The Kier molecular flexibility index (Phi) is 7.85. The molecule has 0 aromatic heterocycles. The molecule has 0 amide bonds. The minimum absolute atomic E-state index is 0.301. The van der Waals surface area contributed by atoms with E-state index in [0.717, 1.165) is 0 Å². The highest BCUT2D eigenvalue weighted by molar-refractivity contribution is 6.55. The molecule has 0 spiro atoms. The van der Waals surface area contributed by atoms with Gasteiger partial charge in [0.1, 0.15) is 0 Å². The van der Waals surface area contributed by atoms with Crippen LogP contribution in [0.15, 0.2) is 0 Å². The molecular weight excluding hydrogens is 507 g/mol. The van der Waals surface area contributed by atoms with E-state index in [9.17, 15) is 74.6 Å². The molecule has 0 rings (SSSR count). The maximum absolute atomic E-state index is 13.5. The van der Waals surface area contributed by atoms with Gasteiger partial charge in [0.25, 0.3) is 0 Å². The summed E-state index contributed by atoms with van der Waals surface area (Å²) in [6, 6.07) is -0.301. The van der Waals surface area contributed by atoms with Crippen molar-refractivity contribution < 1.29 is 74.6 Å². The molecule has 0 atom stereocenters. The molecule has 0 aliphatic carbocycles. The molecule has 0 unspecified atom stereocenters. The van der Waals surface area contributed by atoms with E-state index in [0.29, 0.717) is 0 Å². The minimum Gasteiger partial charge on any atom is -0.200 e. The van der Waals surface area contributed by atoms with E-state index < -0.39 is 69.3 Å². The summed E-state index contributed by atoms with van der Waals surface area (Å²) in [6.45, 7) is 2.82. The van der Waals surface area contributed by atoms with E-state index in [1.807, 2.05) is 0 Å². The third-order valence-electron chi connectivity index (χ3n) is 3.95. The Balaban J connectivity index is 6.43. The van der Waals surface area contributed by atoms with Crippen LogP contribution in [0.5, 0.6) is 0 Å². The predicted octanol–water partition coefficient (Wildman–Crippen LogP) is 7.53. The normalized spacial score (nSPS) is 16.3. The number of hydrogen-bond donors (Lipinski definition) is 0. The van der Waals surface area contributed by atoms with Gasteiger partial charge in [-0.15, -0.1) is 0 Å². The van der Waals surface area contributed by atoms with Crippen LogP contribution in [0.1, 0.15) is 12.8 Å². The molecule has 18 heteroatoms. The summed E-state index contributed by atoms with van der Waals surface area (Å²) in [5, 5.41) is 0. The van der Waals surface area contributed by atoms with Gasteiger partial charge >= 0.3 is 47.6 Å². The summed E-state index contributed by atoms with van der Waals surface area (Å²) in [5.41, 5.74) is 0. The van der Waals surface area contributed by atoms with Gasteiger partial charge < -0.3 is 0 Å². The second-order valence-corrected chi connectivity index (χ2v) is 9.62. The van der Waals surface area contributed by atoms with Crippen LogP contribution >= 0.6 is 0 Å². The molecule has 0 saturated heterocycles. The Hall–Kier alpha value is -0.973. The molecule has 0 N–H and O–H groups in total. The molecule has 31 heavy (non-hydrogen) atoms. The van der Waals surface area contributed by atoms with Gasteiger partial charge in [0.15, 0.2) is 0 Å². The van der Waals surface area contributed by atoms with Crippen molar-refractivity contribution in [3.8, 4) is 0 Å². The van der Waals surface area contributed by atoms with Gasteiger partial charge in [-0.1, -0.05) is 19.1 Å². The maximum atomic E-state index is 13.5. The zero-order chi connectivity index (χ0) is 25.7. The van der Waals surface area contributed by atoms with Crippen LogP contribution in [-0.2, 0) is 0 Å². The molecule has 187 valence electrons. The van der Waals surface area contributed by atoms with Crippen LogP contribution in [0.25, 0.3) is 0 Å². The van der Waals surface area contributed by atoms with E-state index in [-0.39, 0.29) is 6.04 Å². The zero-order valence-corrected chi connectivity index (χ0v) is 16.0. The zero-order valence-electron chi connectivity index (χ0n) is 15.0. The van der Waals surface area contributed by atoms with Crippen molar-refractivity contribution in [2.45, 2.75) is 79.6 Å². The second kappa shape index (κ2) is 8.11. The quantitative estimate of drug-likeness (QED) is 0.207. The van der Waals surface area contributed by atoms with Crippen molar-refractivity contribution in [2.24, 2.45) is 0 Å². The lowest BCUT2D eigenvalue weighted by atomic mass is 9.88. The van der Waals surface area contributed by atoms with Crippen LogP contribution in [0.4, 0.5) is 74.6 Å². The van der Waals surface area contributed by atoms with Crippen LogP contribution in [0.2, 0.25) is 19.1 Å². The highest BCUT2D eigenvalue weighted by Gasteiger charge is 2.95. The fourth-order valence-corrected chi connectivity index (χ4v) is 2.90. The van der Waals surface area contributed by atoms with E-state index in [2.05, 4.69) is 0 Å². The average Bonchev–Trinajstić information content (AvgIpc) is 2.51. The van der Waals surface area contributed by atoms with Gasteiger partial charge in [-0.2, -0.15) is 74.6 Å².